The van der Waals surface area contributed by atoms with E-state index in [-0.39, 0.29) is 17.8 Å². The molecule has 0 atom stereocenters. The van der Waals surface area contributed by atoms with Gasteiger partial charge in [0.2, 0.25) is 0 Å². The van der Waals surface area contributed by atoms with Crippen LogP contribution in [-0.2, 0) is 9.53 Å². The van der Waals surface area contributed by atoms with E-state index in [1.807, 2.05) is 31.2 Å². The molecule has 7 heteroatoms. The lowest BCUT2D eigenvalue weighted by atomic mass is 10.1. The van der Waals surface area contributed by atoms with Crippen LogP contribution in [0.15, 0.2) is 53.4 Å². The average Bonchev–Trinajstić information content (AvgIpc) is 2.94. The first-order chi connectivity index (χ1) is 13.0. The van der Waals surface area contributed by atoms with Crippen LogP contribution in [0.3, 0.4) is 0 Å². The largest absolute Gasteiger partial charge is 0.465 e. The Kier molecular flexibility index (Phi) is 5.61. The molecule has 2 aromatic carbocycles. The summed E-state index contributed by atoms with van der Waals surface area (Å²) in [5.41, 5.74) is 3.05. The van der Waals surface area contributed by atoms with Gasteiger partial charge in [0.1, 0.15) is 0 Å². The number of hydrogen-bond acceptors (Lipinski definition) is 6. The summed E-state index contributed by atoms with van der Waals surface area (Å²) in [7, 11) is 1.32. The molecule has 1 aliphatic heterocycles. The van der Waals surface area contributed by atoms with Crippen molar-refractivity contribution in [1.82, 2.24) is 4.90 Å². The number of imide groups is 1. The molecule has 0 unspecified atom stereocenters. The zero-order chi connectivity index (χ0) is 19.4. The quantitative estimate of drug-likeness (QED) is 0.625. The van der Waals surface area contributed by atoms with Gasteiger partial charge in [0.15, 0.2) is 0 Å². The van der Waals surface area contributed by atoms with Crippen molar-refractivity contribution in [2.45, 2.75) is 6.92 Å². The van der Waals surface area contributed by atoms with E-state index in [9.17, 15) is 14.4 Å². The molecule has 1 heterocycles. The zero-order valence-electron chi connectivity index (χ0n) is 14.9. The summed E-state index contributed by atoms with van der Waals surface area (Å²) in [5, 5.41) is 2.80. The predicted octanol–water partition coefficient (Wildman–Crippen LogP) is 3.89. The maximum Gasteiger partial charge on any atom is 0.337 e. The molecule has 1 N–H and O–H groups in total. The Morgan fingerprint density at radius 3 is 2.52 bits per heavy atom. The number of carbonyl (C=O) groups is 3. The number of aryl methyl sites for hydroxylation is 1. The van der Waals surface area contributed by atoms with Crippen molar-refractivity contribution in [3.05, 3.63) is 70.1 Å². The Bertz CT molecular complexity index is 922. The van der Waals surface area contributed by atoms with E-state index in [2.05, 4.69) is 10.1 Å². The topological polar surface area (TPSA) is 75.7 Å². The second-order valence-electron chi connectivity index (χ2n) is 5.87. The van der Waals surface area contributed by atoms with E-state index in [1.165, 1.54) is 12.0 Å². The highest BCUT2D eigenvalue weighted by atomic mass is 32.2. The number of nitrogens with one attached hydrogen (secondary N) is 1. The predicted molar refractivity (Wildman–Crippen MR) is 105 cm³/mol. The van der Waals surface area contributed by atoms with Gasteiger partial charge in [-0.2, -0.15) is 0 Å². The number of thioether (sulfide) groups is 1. The van der Waals surface area contributed by atoms with Gasteiger partial charge in [-0.15, -0.1) is 0 Å². The number of rotatable bonds is 5. The van der Waals surface area contributed by atoms with Gasteiger partial charge in [-0.25, -0.2) is 4.79 Å². The third-order valence-corrected chi connectivity index (χ3v) is 4.98. The minimum atomic E-state index is -0.427. The van der Waals surface area contributed by atoms with E-state index in [4.69, 9.17) is 0 Å². The van der Waals surface area contributed by atoms with Crippen LogP contribution in [0.4, 0.5) is 10.5 Å². The first kappa shape index (κ1) is 18.7. The van der Waals surface area contributed by atoms with E-state index < -0.39 is 5.97 Å². The summed E-state index contributed by atoms with van der Waals surface area (Å²) < 4.78 is 4.66. The van der Waals surface area contributed by atoms with Gasteiger partial charge >= 0.3 is 5.97 Å². The molecule has 27 heavy (non-hydrogen) atoms. The van der Waals surface area contributed by atoms with E-state index in [0.29, 0.717) is 10.5 Å². The maximum atomic E-state index is 12.5. The van der Waals surface area contributed by atoms with Gasteiger partial charge < -0.3 is 10.1 Å². The number of amides is 2. The SMILES string of the molecule is COC(=O)c1ccc(/C=C2\SC(=O)N(CNc3ccccc3C)C2=O)cc1. The fourth-order valence-electron chi connectivity index (χ4n) is 2.56. The third kappa shape index (κ3) is 4.20. The second kappa shape index (κ2) is 8.09. The standard InChI is InChI=1S/C20H18N2O4S/c1-13-5-3-4-6-16(13)21-12-22-18(23)17(27-20(22)25)11-14-7-9-15(10-8-14)19(24)26-2/h3-11,21H,12H2,1-2H3/b17-11-. The molecule has 1 saturated heterocycles. The summed E-state index contributed by atoms with van der Waals surface area (Å²) in [6, 6.07) is 14.3. The summed E-state index contributed by atoms with van der Waals surface area (Å²) in [5.74, 6) is -0.771. The molecule has 2 amide bonds. The van der Waals surface area contributed by atoms with Crippen LogP contribution >= 0.6 is 11.8 Å². The van der Waals surface area contributed by atoms with Crippen molar-refractivity contribution in [1.29, 1.82) is 0 Å². The molecule has 6 nitrogen and oxygen atoms in total. The Morgan fingerprint density at radius 2 is 1.85 bits per heavy atom. The molecule has 0 saturated carbocycles. The summed E-state index contributed by atoms with van der Waals surface area (Å²) in [6.07, 6.45) is 1.64. The molecule has 138 valence electrons. The maximum absolute atomic E-state index is 12.5. The molecule has 0 radical (unpaired) electrons. The first-order valence-electron chi connectivity index (χ1n) is 8.23. The van der Waals surface area contributed by atoms with Crippen LogP contribution in [0.5, 0.6) is 0 Å². The van der Waals surface area contributed by atoms with Crippen LogP contribution < -0.4 is 5.32 Å². The van der Waals surface area contributed by atoms with Gasteiger partial charge in [-0.05, 0) is 54.1 Å². The van der Waals surface area contributed by atoms with E-state index in [1.54, 1.807) is 30.3 Å². The van der Waals surface area contributed by atoms with Crippen molar-refractivity contribution in [2.24, 2.45) is 0 Å². The summed E-state index contributed by atoms with van der Waals surface area (Å²) >= 11 is 0.898. The number of anilines is 1. The van der Waals surface area contributed by atoms with Crippen LogP contribution in [0.2, 0.25) is 0 Å². The molecule has 3 rings (SSSR count). The van der Waals surface area contributed by atoms with Crippen LogP contribution in [-0.4, -0.2) is 35.8 Å². The molecule has 0 bridgehead atoms. The summed E-state index contributed by atoms with van der Waals surface area (Å²) in [6.45, 7) is 2.06. The van der Waals surface area contributed by atoms with Crippen molar-refractivity contribution < 1.29 is 19.1 Å². The molecule has 0 aliphatic carbocycles. The van der Waals surface area contributed by atoms with Crippen molar-refractivity contribution in [3.63, 3.8) is 0 Å². The average molecular weight is 382 g/mol. The van der Waals surface area contributed by atoms with Gasteiger partial charge in [-0.1, -0.05) is 30.3 Å². The fraction of sp³-hybridized carbons (Fsp3) is 0.150. The molecular formula is C20H18N2O4S. The number of hydrogen-bond donors (Lipinski definition) is 1. The Labute approximate surface area is 161 Å². The Hall–Kier alpha value is -3.06. The number of benzene rings is 2. The molecule has 2 aromatic rings. The lowest BCUT2D eigenvalue weighted by Crippen LogP contribution is -2.33. The molecular weight excluding hydrogens is 364 g/mol. The number of para-hydroxylation sites is 1. The number of esters is 1. The molecule has 0 spiro atoms. The Morgan fingerprint density at radius 1 is 1.15 bits per heavy atom. The van der Waals surface area contributed by atoms with Crippen molar-refractivity contribution >= 4 is 40.6 Å². The van der Waals surface area contributed by atoms with E-state index >= 15 is 0 Å². The number of carbonyl (C=O) groups excluding carboxylic acids is 3. The van der Waals surface area contributed by atoms with Gasteiger partial charge in [0.05, 0.1) is 24.2 Å². The van der Waals surface area contributed by atoms with Crippen LogP contribution in [0.1, 0.15) is 21.5 Å². The highest BCUT2D eigenvalue weighted by Crippen LogP contribution is 2.32. The third-order valence-electron chi connectivity index (χ3n) is 4.08. The monoisotopic (exact) mass is 382 g/mol. The fourth-order valence-corrected chi connectivity index (χ4v) is 3.39. The van der Waals surface area contributed by atoms with E-state index in [0.717, 1.165) is 28.6 Å². The van der Waals surface area contributed by atoms with Gasteiger partial charge in [-0.3, -0.25) is 14.5 Å². The van der Waals surface area contributed by atoms with Crippen molar-refractivity contribution in [2.75, 3.05) is 19.1 Å². The highest BCUT2D eigenvalue weighted by Gasteiger charge is 2.34. The second-order valence-corrected chi connectivity index (χ2v) is 6.87. The lowest BCUT2D eigenvalue weighted by molar-refractivity contribution is -0.122. The lowest BCUT2D eigenvalue weighted by Gasteiger charge is -2.15. The highest BCUT2D eigenvalue weighted by molar-refractivity contribution is 8.18. The number of ether oxygens (including phenoxy) is 1. The minimum absolute atomic E-state index is 0.105. The number of methoxy groups -OCH3 is 1. The molecule has 1 fully saturated rings. The first-order valence-corrected chi connectivity index (χ1v) is 9.04. The normalized spacial score (nSPS) is 15.3. The smallest absolute Gasteiger partial charge is 0.337 e. The Balaban J connectivity index is 1.70. The van der Waals surface area contributed by atoms with Gasteiger partial charge in [0, 0.05) is 5.69 Å². The molecule has 1 aliphatic rings. The zero-order valence-corrected chi connectivity index (χ0v) is 15.7. The van der Waals surface area contributed by atoms with Gasteiger partial charge in [0.25, 0.3) is 11.1 Å². The van der Waals surface area contributed by atoms with Crippen LogP contribution in [0, 0.1) is 6.92 Å². The number of nitrogens with zero attached hydrogens (tertiary/aromatic N) is 1. The van der Waals surface area contributed by atoms with Crippen molar-refractivity contribution in [3.8, 4) is 0 Å². The molecule has 0 aromatic heterocycles. The summed E-state index contributed by atoms with van der Waals surface area (Å²) in [4.78, 5) is 37.7. The van der Waals surface area contributed by atoms with Crippen LogP contribution in [0.25, 0.3) is 6.08 Å². The minimum Gasteiger partial charge on any atom is -0.465 e.